The molecule has 7 heteroatoms. The zero-order chi connectivity index (χ0) is 16.6. The summed E-state index contributed by atoms with van der Waals surface area (Å²) >= 11 is 7.42. The number of pyridine rings is 1. The van der Waals surface area contributed by atoms with E-state index in [1.165, 1.54) is 23.4 Å². The minimum atomic E-state index is -0.380. The van der Waals surface area contributed by atoms with Crippen molar-refractivity contribution in [2.45, 2.75) is 10.6 Å². The summed E-state index contributed by atoms with van der Waals surface area (Å²) in [6.07, 6.45) is 1.62. The molecule has 2 heterocycles. The molecule has 0 fully saturated rings. The predicted molar refractivity (Wildman–Crippen MR) is 93.2 cm³/mol. The van der Waals surface area contributed by atoms with E-state index < -0.39 is 0 Å². The van der Waals surface area contributed by atoms with E-state index in [1.54, 1.807) is 19.3 Å². The number of hydrogen-bond acceptors (Lipinski definition) is 4. The molecule has 0 aliphatic carbocycles. The lowest BCUT2D eigenvalue weighted by molar-refractivity contribution is 0.706. The first kappa shape index (κ1) is 15.8. The minimum Gasteiger partial charge on any atom is -0.280 e. The summed E-state index contributed by atoms with van der Waals surface area (Å²) in [6.45, 7) is 0. The summed E-state index contributed by atoms with van der Waals surface area (Å²) in [5.41, 5.74) is 0.801. The lowest BCUT2D eigenvalue weighted by Gasteiger charge is -2.10. The van der Waals surface area contributed by atoms with Gasteiger partial charge in [-0.05, 0) is 23.8 Å². The van der Waals surface area contributed by atoms with Crippen LogP contribution >= 0.6 is 23.4 Å². The monoisotopic (exact) mass is 347 g/mol. The Bertz CT molecular complexity index is 993. The summed E-state index contributed by atoms with van der Waals surface area (Å²) in [7, 11) is 3.09. The van der Waals surface area contributed by atoms with Gasteiger partial charge in [-0.2, -0.15) is 0 Å². The van der Waals surface area contributed by atoms with Crippen LogP contribution in [0.5, 0.6) is 0 Å². The molecule has 0 N–H and O–H groups in total. The maximum Gasteiger partial charge on any atom is 0.332 e. The molecule has 23 heavy (non-hydrogen) atoms. The normalized spacial score (nSPS) is 11.1. The molecule has 0 radical (unpaired) electrons. The molecule has 0 unspecified atom stereocenters. The van der Waals surface area contributed by atoms with E-state index in [4.69, 9.17) is 11.6 Å². The van der Waals surface area contributed by atoms with Crippen molar-refractivity contribution >= 4 is 34.4 Å². The molecule has 0 amide bonds. The van der Waals surface area contributed by atoms with Gasteiger partial charge in [-0.15, -0.1) is 11.8 Å². The Labute approximate surface area is 141 Å². The van der Waals surface area contributed by atoms with Crippen molar-refractivity contribution in [3.8, 4) is 0 Å². The van der Waals surface area contributed by atoms with Crippen molar-refractivity contribution in [3.05, 3.63) is 68.0 Å². The van der Waals surface area contributed by atoms with Crippen LogP contribution in [0, 0.1) is 0 Å². The molecular formula is C16H14ClN3O2S. The molecule has 2 aromatic heterocycles. The number of hydrogen-bond donors (Lipinski definition) is 0. The Morgan fingerprint density at radius 3 is 2.48 bits per heavy atom. The first-order valence-corrected chi connectivity index (χ1v) is 8.27. The zero-order valence-electron chi connectivity index (χ0n) is 12.6. The average molecular weight is 348 g/mol. The molecule has 1 aromatic carbocycles. The number of benzene rings is 1. The van der Waals surface area contributed by atoms with Crippen LogP contribution in [0.1, 0.15) is 5.56 Å². The fourth-order valence-electron chi connectivity index (χ4n) is 2.32. The highest BCUT2D eigenvalue weighted by Gasteiger charge is 2.13. The van der Waals surface area contributed by atoms with Crippen molar-refractivity contribution in [2.75, 3.05) is 0 Å². The smallest absolute Gasteiger partial charge is 0.280 e. The fraction of sp³-hybridized carbons (Fsp3) is 0.188. The van der Waals surface area contributed by atoms with E-state index in [0.29, 0.717) is 21.8 Å². The van der Waals surface area contributed by atoms with E-state index in [0.717, 1.165) is 15.0 Å². The Hall–Kier alpha value is -2.05. The van der Waals surface area contributed by atoms with Gasteiger partial charge in [-0.3, -0.25) is 13.9 Å². The Morgan fingerprint density at radius 2 is 1.78 bits per heavy atom. The van der Waals surface area contributed by atoms with E-state index in [1.807, 2.05) is 24.3 Å². The highest BCUT2D eigenvalue weighted by molar-refractivity contribution is 7.98. The number of aromatic nitrogens is 3. The van der Waals surface area contributed by atoms with Gasteiger partial charge in [-0.25, -0.2) is 9.78 Å². The standard InChI is InChI=1S/C16H14ClN3O2S/c1-19-14-13(15(21)20(2)16(19)22)12(7-8-18-14)23-9-10-3-5-11(17)6-4-10/h3-8H,9H2,1-2H3. The molecule has 3 rings (SSSR count). The molecule has 118 valence electrons. The maximum absolute atomic E-state index is 12.5. The summed E-state index contributed by atoms with van der Waals surface area (Å²) in [5, 5.41) is 1.16. The van der Waals surface area contributed by atoms with Crippen LogP contribution in [-0.2, 0) is 19.8 Å². The molecule has 0 atom stereocenters. The second-order valence-corrected chi connectivity index (χ2v) is 6.58. The van der Waals surface area contributed by atoms with Gasteiger partial charge in [0.15, 0.2) is 0 Å². The third-order valence-electron chi connectivity index (χ3n) is 3.61. The third kappa shape index (κ3) is 2.92. The van der Waals surface area contributed by atoms with Gasteiger partial charge in [-0.1, -0.05) is 23.7 Å². The molecular weight excluding hydrogens is 334 g/mol. The summed E-state index contributed by atoms with van der Waals surface area (Å²) in [5.74, 6) is 0.697. The average Bonchev–Trinajstić information content (AvgIpc) is 2.57. The number of halogens is 1. The Morgan fingerprint density at radius 1 is 1.09 bits per heavy atom. The van der Waals surface area contributed by atoms with Crippen molar-refractivity contribution < 1.29 is 0 Å². The Kier molecular flexibility index (Phi) is 4.28. The molecule has 0 aliphatic heterocycles. The highest BCUT2D eigenvalue weighted by Crippen LogP contribution is 2.27. The quantitative estimate of drug-likeness (QED) is 0.683. The number of aryl methyl sites for hydroxylation is 1. The maximum atomic E-state index is 12.5. The summed E-state index contributed by atoms with van der Waals surface area (Å²) in [6, 6.07) is 9.38. The second kappa shape index (κ2) is 6.22. The van der Waals surface area contributed by atoms with Crippen LogP contribution in [0.15, 0.2) is 51.0 Å². The third-order valence-corrected chi connectivity index (χ3v) is 4.99. The largest absolute Gasteiger partial charge is 0.332 e. The van der Waals surface area contributed by atoms with Crippen molar-refractivity contribution in [3.63, 3.8) is 0 Å². The van der Waals surface area contributed by atoms with Gasteiger partial charge in [0.1, 0.15) is 5.65 Å². The van der Waals surface area contributed by atoms with Crippen LogP contribution in [0.2, 0.25) is 5.02 Å². The molecule has 0 saturated carbocycles. The lowest BCUT2D eigenvalue weighted by atomic mass is 10.2. The molecule has 0 spiro atoms. The number of thioether (sulfide) groups is 1. The zero-order valence-corrected chi connectivity index (χ0v) is 14.2. The van der Waals surface area contributed by atoms with Gasteiger partial charge >= 0.3 is 5.69 Å². The van der Waals surface area contributed by atoms with Crippen molar-refractivity contribution in [2.24, 2.45) is 14.1 Å². The van der Waals surface area contributed by atoms with Crippen LogP contribution < -0.4 is 11.2 Å². The number of fused-ring (bicyclic) bond motifs is 1. The lowest BCUT2D eigenvalue weighted by Crippen LogP contribution is -2.37. The number of nitrogens with zero attached hydrogens (tertiary/aromatic N) is 3. The van der Waals surface area contributed by atoms with Gasteiger partial charge in [0.05, 0.1) is 5.39 Å². The molecule has 0 aliphatic rings. The van der Waals surface area contributed by atoms with E-state index in [9.17, 15) is 9.59 Å². The van der Waals surface area contributed by atoms with Crippen LogP contribution in [0.3, 0.4) is 0 Å². The van der Waals surface area contributed by atoms with Crippen LogP contribution in [-0.4, -0.2) is 14.1 Å². The van der Waals surface area contributed by atoms with Crippen LogP contribution in [0.4, 0.5) is 0 Å². The van der Waals surface area contributed by atoms with Gasteiger partial charge in [0.25, 0.3) is 5.56 Å². The van der Waals surface area contributed by atoms with E-state index in [-0.39, 0.29) is 11.2 Å². The SMILES string of the molecule is Cn1c(=O)c2c(SCc3ccc(Cl)cc3)ccnc2n(C)c1=O. The molecule has 0 saturated heterocycles. The van der Waals surface area contributed by atoms with Crippen LogP contribution in [0.25, 0.3) is 11.0 Å². The molecule has 5 nitrogen and oxygen atoms in total. The fourth-order valence-corrected chi connectivity index (χ4v) is 3.44. The predicted octanol–water partition coefficient (Wildman–Crippen LogP) is 2.58. The minimum absolute atomic E-state index is 0.324. The van der Waals surface area contributed by atoms with Gasteiger partial charge in [0.2, 0.25) is 0 Å². The molecule has 3 aromatic rings. The second-order valence-electron chi connectivity index (χ2n) is 5.13. The Balaban J connectivity index is 2.06. The molecule has 0 bridgehead atoms. The topological polar surface area (TPSA) is 56.9 Å². The highest BCUT2D eigenvalue weighted by atomic mass is 35.5. The number of rotatable bonds is 3. The first-order chi connectivity index (χ1) is 11.0. The van der Waals surface area contributed by atoms with Gasteiger partial charge in [0, 0.05) is 36.0 Å². The van der Waals surface area contributed by atoms with Crippen molar-refractivity contribution in [1.29, 1.82) is 0 Å². The van der Waals surface area contributed by atoms with E-state index >= 15 is 0 Å². The first-order valence-electron chi connectivity index (χ1n) is 6.91. The summed E-state index contributed by atoms with van der Waals surface area (Å²) in [4.78, 5) is 29.4. The van der Waals surface area contributed by atoms with Gasteiger partial charge < -0.3 is 0 Å². The van der Waals surface area contributed by atoms with E-state index in [2.05, 4.69) is 4.98 Å². The summed E-state index contributed by atoms with van der Waals surface area (Å²) < 4.78 is 2.50. The van der Waals surface area contributed by atoms with Crippen molar-refractivity contribution in [1.82, 2.24) is 14.1 Å².